The summed E-state index contributed by atoms with van der Waals surface area (Å²) in [5.41, 5.74) is 2.21. The lowest BCUT2D eigenvalue weighted by molar-refractivity contribution is 0.0892. The average molecular weight is 469 g/mol. The maximum atomic E-state index is 13.5. The molecule has 0 saturated heterocycles. The maximum absolute atomic E-state index is 13.5. The van der Waals surface area contributed by atoms with E-state index in [2.05, 4.69) is 0 Å². The lowest BCUT2D eigenvalue weighted by atomic mass is 9.88. The Morgan fingerprint density at radius 1 is 0.583 bits per heavy atom. The number of nitrogens with zero attached hydrogens (tertiary/aromatic N) is 1. The molecule has 5 aromatic rings. The highest BCUT2D eigenvalue weighted by Gasteiger charge is 2.35. The zero-order valence-electron chi connectivity index (χ0n) is 19.0. The molecule has 5 aromatic carbocycles. The molecule has 0 fully saturated rings. The van der Waals surface area contributed by atoms with Gasteiger partial charge in [0.05, 0.1) is 5.69 Å². The first kappa shape index (κ1) is 21.5. The molecule has 0 radical (unpaired) electrons. The molecule has 2 amide bonds. The van der Waals surface area contributed by atoms with Gasteiger partial charge < -0.3 is 4.74 Å². The zero-order chi connectivity index (χ0) is 24.6. The van der Waals surface area contributed by atoms with Gasteiger partial charge in [-0.05, 0) is 60.0 Å². The molecule has 0 spiro atoms. The predicted molar refractivity (Wildman–Crippen MR) is 138 cm³/mol. The van der Waals surface area contributed by atoms with E-state index >= 15 is 0 Å². The number of hydrogen-bond acceptors (Lipinski definition) is 4. The monoisotopic (exact) mass is 469 g/mol. The summed E-state index contributed by atoms with van der Waals surface area (Å²) in [6, 6.07) is 33.7. The van der Waals surface area contributed by atoms with Gasteiger partial charge in [-0.15, -0.1) is 0 Å². The van der Waals surface area contributed by atoms with Gasteiger partial charge in [0.2, 0.25) is 0 Å². The molecule has 0 unspecified atom stereocenters. The van der Waals surface area contributed by atoms with Gasteiger partial charge >= 0.3 is 0 Å². The standard InChI is InChI=1S/C31H19NO4/c33-29(20-8-3-1-4-9-20)25-18-19-27-28-24(25)12-7-13-26(28)30(34)32(31(27)35)21-14-16-23(17-15-21)36-22-10-5-2-6-11-22/h1-19H. The van der Waals surface area contributed by atoms with E-state index in [1.54, 1.807) is 78.9 Å². The molecule has 172 valence electrons. The number of para-hydroxylation sites is 1. The fraction of sp³-hybridized carbons (Fsp3) is 0. The first-order chi connectivity index (χ1) is 17.6. The number of amides is 2. The Kier molecular flexibility index (Phi) is 5.16. The minimum Gasteiger partial charge on any atom is -0.457 e. The van der Waals surface area contributed by atoms with E-state index in [1.807, 2.05) is 36.4 Å². The molecule has 36 heavy (non-hydrogen) atoms. The third-order valence-corrected chi connectivity index (χ3v) is 6.26. The summed E-state index contributed by atoms with van der Waals surface area (Å²) in [6.45, 7) is 0. The molecule has 0 aromatic heterocycles. The van der Waals surface area contributed by atoms with Crippen molar-refractivity contribution in [2.45, 2.75) is 0 Å². The topological polar surface area (TPSA) is 63.7 Å². The van der Waals surface area contributed by atoms with Crippen LogP contribution < -0.4 is 9.64 Å². The Morgan fingerprint density at radius 2 is 1.19 bits per heavy atom. The number of ketones is 1. The lowest BCUT2D eigenvalue weighted by Gasteiger charge is -2.28. The van der Waals surface area contributed by atoms with Gasteiger partial charge in [0.25, 0.3) is 11.8 Å². The van der Waals surface area contributed by atoms with Gasteiger partial charge in [-0.1, -0.05) is 60.7 Å². The molecule has 0 bridgehead atoms. The van der Waals surface area contributed by atoms with Crippen molar-refractivity contribution >= 4 is 34.1 Å². The summed E-state index contributed by atoms with van der Waals surface area (Å²) in [6.07, 6.45) is 0. The Balaban J connectivity index is 1.38. The third kappa shape index (κ3) is 3.54. The van der Waals surface area contributed by atoms with Crippen LogP contribution in [-0.4, -0.2) is 17.6 Å². The Hall–Kier alpha value is -5.03. The Bertz CT molecular complexity index is 1620. The van der Waals surface area contributed by atoms with Crippen LogP contribution in [0, 0.1) is 0 Å². The van der Waals surface area contributed by atoms with E-state index in [0.29, 0.717) is 50.2 Å². The Labute approximate surface area is 207 Å². The van der Waals surface area contributed by atoms with Gasteiger partial charge in [0, 0.05) is 27.6 Å². The molecular formula is C31H19NO4. The minimum absolute atomic E-state index is 0.157. The molecule has 1 heterocycles. The van der Waals surface area contributed by atoms with Crippen molar-refractivity contribution in [2.24, 2.45) is 0 Å². The SMILES string of the molecule is O=C(c1ccccc1)c1ccc2c3c(cccc13)C(=O)N(c1ccc(Oc3ccccc3)cc1)C2=O. The van der Waals surface area contributed by atoms with Crippen LogP contribution in [-0.2, 0) is 0 Å². The highest BCUT2D eigenvalue weighted by molar-refractivity contribution is 6.37. The first-order valence-electron chi connectivity index (χ1n) is 11.5. The van der Waals surface area contributed by atoms with E-state index in [1.165, 1.54) is 4.90 Å². The summed E-state index contributed by atoms with van der Waals surface area (Å²) in [5, 5.41) is 1.10. The largest absolute Gasteiger partial charge is 0.457 e. The number of imide groups is 1. The van der Waals surface area contributed by atoms with Gasteiger partial charge in [-0.25, -0.2) is 4.90 Å². The molecule has 0 atom stereocenters. The first-order valence-corrected chi connectivity index (χ1v) is 11.5. The van der Waals surface area contributed by atoms with E-state index in [0.717, 1.165) is 0 Å². The van der Waals surface area contributed by atoms with Crippen molar-refractivity contribution in [2.75, 3.05) is 4.90 Å². The van der Waals surface area contributed by atoms with E-state index in [4.69, 9.17) is 4.74 Å². The summed E-state index contributed by atoms with van der Waals surface area (Å²) >= 11 is 0. The van der Waals surface area contributed by atoms with E-state index in [9.17, 15) is 14.4 Å². The van der Waals surface area contributed by atoms with Crippen LogP contribution >= 0.6 is 0 Å². The molecule has 0 saturated carbocycles. The highest BCUT2D eigenvalue weighted by Crippen LogP contribution is 2.36. The highest BCUT2D eigenvalue weighted by atomic mass is 16.5. The molecular weight excluding hydrogens is 450 g/mol. The van der Waals surface area contributed by atoms with Crippen molar-refractivity contribution in [1.29, 1.82) is 0 Å². The van der Waals surface area contributed by atoms with Crippen LogP contribution in [0.25, 0.3) is 10.8 Å². The normalized spacial score (nSPS) is 12.6. The number of hydrogen-bond donors (Lipinski definition) is 0. The fourth-order valence-electron chi connectivity index (χ4n) is 4.56. The summed E-state index contributed by atoms with van der Waals surface area (Å²) < 4.78 is 5.83. The van der Waals surface area contributed by atoms with Crippen LogP contribution in [0.2, 0.25) is 0 Å². The number of anilines is 1. The van der Waals surface area contributed by atoms with E-state index < -0.39 is 11.8 Å². The molecule has 1 aliphatic rings. The lowest BCUT2D eigenvalue weighted by Crippen LogP contribution is -2.40. The van der Waals surface area contributed by atoms with Crippen LogP contribution in [0.1, 0.15) is 36.6 Å². The van der Waals surface area contributed by atoms with Crippen LogP contribution in [0.4, 0.5) is 5.69 Å². The van der Waals surface area contributed by atoms with Crippen molar-refractivity contribution in [3.8, 4) is 11.5 Å². The average Bonchev–Trinajstić information content (AvgIpc) is 2.93. The molecule has 1 aliphatic heterocycles. The summed E-state index contributed by atoms with van der Waals surface area (Å²) in [4.78, 5) is 41.4. The van der Waals surface area contributed by atoms with E-state index in [-0.39, 0.29) is 5.78 Å². The number of carbonyl (C=O) groups is 3. The second kappa shape index (κ2) is 8.64. The summed E-state index contributed by atoms with van der Waals surface area (Å²) in [5.74, 6) is 0.263. The molecule has 0 N–H and O–H groups in total. The van der Waals surface area contributed by atoms with Crippen molar-refractivity contribution in [3.05, 3.63) is 138 Å². The van der Waals surface area contributed by atoms with Gasteiger partial charge in [0.1, 0.15) is 11.5 Å². The van der Waals surface area contributed by atoms with Crippen LogP contribution in [0.5, 0.6) is 11.5 Å². The van der Waals surface area contributed by atoms with Gasteiger partial charge in [-0.3, -0.25) is 14.4 Å². The van der Waals surface area contributed by atoms with Crippen molar-refractivity contribution in [3.63, 3.8) is 0 Å². The Morgan fingerprint density at radius 3 is 1.89 bits per heavy atom. The molecule has 0 aliphatic carbocycles. The molecule has 5 heteroatoms. The van der Waals surface area contributed by atoms with Crippen molar-refractivity contribution < 1.29 is 19.1 Å². The quantitative estimate of drug-likeness (QED) is 0.213. The summed E-state index contributed by atoms with van der Waals surface area (Å²) in [7, 11) is 0. The number of benzene rings is 5. The molecule has 6 rings (SSSR count). The number of ether oxygens (including phenoxy) is 1. The number of carbonyl (C=O) groups excluding carboxylic acids is 3. The minimum atomic E-state index is -0.431. The third-order valence-electron chi connectivity index (χ3n) is 6.26. The van der Waals surface area contributed by atoms with Gasteiger partial charge in [-0.2, -0.15) is 0 Å². The molecule has 5 nitrogen and oxygen atoms in total. The predicted octanol–water partition coefficient (Wildman–Crippen LogP) is 6.66. The second-order valence-electron chi connectivity index (χ2n) is 8.44. The zero-order valence-corrected chi connectivity index (χ0v) is 19.0. The maximum Gasteiger partial charge on any atom is 0.265 e. The number of rotatable bonds is 5. The van der Waals surface area contributed by atoms with Crippen LogP contribution in [0.15, 0.2) is 115 Å². The smallest absolute Gasteiger partial charge is 0.265 e. The van der Waals surface area contributed by atoms with Crippen molar-refractivity contribution in [1.82, 2.24) is 0 Å². The second-order valence-corrected chi connectivity index (χ2v) is 8.44. The fourth-order valence-corrected chi connectivity index (χ4v) is 4.56. The van der Waals surface area contributed by atoms with Crippen LogP contribution in [0.3, 0.4) is 0 Å². The van der Waals surface area contributed by atoms with Gasteiger partial charge in [0.15, 0.2) is 5.78 Å².